The Balaban J connectivity index is 2.56. The van der Waals surface area contributed by atoms with Crippen molar-refractivity contribution in [3.8, 4) is 0 Å². The Morgan fingerprint density at radius 1 is 0.578 bits per heavy atom. The van der Waals surface area contributed by atoms with Crippen molar-refractivity contribution in [1.82, 2.24) is 0 Å². The van der Waals surface area contributed by atoms with Crippen LogP contribution in [0.2, 0.25) is 0 Å². The van der Waals surface area contributed by atoms with Gasteiger partial charge in [-0.05, 0) is 83.5 Å². The minimum absolute atomic E-state index is 0.0246. The summed E-state index contributed by atoms with van der Waals surface area (Å²) in [7, 11) is -5.16. The molecule has 1 aliphatic carbocycles. The number of aliphatic hydroxyl groups is 6. The fraction of sp³-hybridized carbons (Fsp3) is 0.633. The van der Waals surface area contributed by atoms with Crippen LogP contribution in [-0.4, -0.2) is 110 Å². The van der Waals surface area contributed by atoms with Crippen molar-refractivity contribution in [3.05, 3.63) is 97.2 Å². The summed E-state index contributed by atoms with van der Waals surface area (Å²) >= 11 is 0. The number of rotatable bonds is 36. The molecule has 0 aromatic rings. The maximum atomic E-state index is 12.8. The molecule has 1 aliphatic rings. The quantitative estimate of drug-likeness (QED) is 0.0104. The molecule has 9 atom stereocenters. The standard InChI is InChI=1S/C49H79O14P/c1-3-5-7-9-11-12-13-14-15-16-17-18-19-20-24-28-32-36-42(51)60-38-41(39-61-64(58,59)63-49-47(56)45(54)44(53)46(55)48(49)57)62-43(52)37-33-29-25-22-21-23-27-31-35-40(50)34-30-26-10-8-6-4-2/h6,8,11-12,14-15,17-18,22-23,25-27,30-31,35,40-41,44-50,53-57H,3-5,7,9-10,13,16,19-21,24,28-29,32-34,36-39H2,1-2H3,(H,58,59)/b8-6-,12-11-,15-14-,18-17-,25-22-,27-23-,30-26-,35-31+/t40?,41-,44?,45-,46+,47-,48-,49?/m1/s1. The number of hydrogen-bond donors (Lipinski definition) is 7. The zero-order valence-corrected chi connectivity index (χ0v) is 39.0. The molecule has 0 aromatic carbocycles. The summed E-state index contributed by atoms with van der Waals surface area (Å²) in [5, 5.41) is 60.2. The van der Waals surface area contributed by atoms with Gasteiger partial charge in [0.05, 0.1) is 12.7 Å². The van der Waals surface area contributed by atoms with Gasteiger partial charge in [-0.25, -0.2) is 4.57 Å². The highest BCUT2D eigenvalue weighted by atomic mass is 31.2. The summed E-state index contributed by atoms with van der Waals surface area (Å²) in [6, 6.07) is 0. The van der Waals surface area contributed by atoms with Crippen LogP contribution in [0.25, 0.3) is 0 Å². The molecular formula is C49H79O14P. The van der Waals surface area contributed by atoms with Crippen LogP contribution < -0.4 is 0 Å². The molecule has 15 heteroatoms. The summed E-state index contributed by atoms with van der Waals surface area (Å²) < 4.78 is 33.4. The van der Waals surface area contributed by atoms with Crippen LogP contribution >= 0.6 is 7.82 Å². The minimum Gasteiger partial charge on any atom is -0.462 e. The number of carbonyl (C=O) groups is 2. The average Bonchev–Trinajstić information content (AvgIpc) is 3.27. The predicted molar refractivity (Wildman–Crippen MR) is 250 cm³/mol. The van der Waals surface area contributed by atoms with Crippen molar-refractivity contribution >= 4 is 19.8 Å². The molecule has 0 radical (unpaired) electrons. The smallest absolute Gasteiger partial charge is 0.462 e. The molecule has 0 spiro atoms. The lowest BCUT2D eigenvalue weighted by atomic mass is 9.85. The number of carbonyl (C=O) groups excluding carboxylic acids is 2. The van der Waals surface area contributed by atoms with Crippen molar-refractivity contribution in [2.24, 2.45) is 0 Å². The van der Waals surface area contributed by atoms with Gasteiger partial charge < -0.3 is 45.0 Å². The van der Waals surface area contributed by atoms with Gasteiger partial charge in [-0.1, -0.05) is 137 Å². The predicted octanol–water partition coefficient (Wildman–Crippen LogP) is 8.02. The van der Waals surface area contributed by atoms with Crippen LogP contribution in [0, 0.1) is 0 Å². The number of phosphoric acid groups is 1. The van der Waals surface area contributed by atoms with Crippen LogP contribution in [0.5, 0.6) is 0 Å². The first-order valence-electron chi connectivity index (χ1n) is 23.1. The minimum atomic E-state index is -5.16. The Kier molecular flexibility index (Phi) is 34.8. The van der Waals surface area contributed by atoms with Crippen molar-refractivity contribution in [3.63, 3.8) is 0 Å². The van der Waals surface area contributed by atoms with Gasteiger partial charge in [-0.3, -0.25) is 18.6 Å². The van der Waals surface area contributed by atoms with Gasteiger partial charge in [0, 0.05) is 12.8 Å². The van der Waals surface area contributed by atoms with E-state index in [2.05, 4.69) is 62.5 Å². The molecule has 1 rings (SSSR count). The highest BCUT2D eigenvalue weighted by Crippen LogP contribution is 2.47. The van der Waals surface area contributed by atoms with E-state index in [-0.39, 0.29) is 12.8 Å². The molecule has 0 bridgehead atoms. The summed E-state index contributed by atoms with van der Waals surface area (Å²) in [5.74, 6) is -1.24. The fourth-order valence-electron chi connectivity index (χ4n) is 6.24. The molecule has 7 N–H and O–H groups in total. The Bertz CT molecular complexity index is 1500. The molecule has 0 saturated heterocycles. The lowest BCUT2D eigenvalue weighted by molar-refractivity contribution is -0.220. The third kappa shape index (κ3) is 30.0. The van der Waals surface area contributed by atoms with Gasteiger partial charge in [0.2, 0.25) is 0 Å². The molecular weight excluding hydrogens is 843 g/mol. The topological polar surface area (TPSA) is 230 Å². The van der Waals surface area contributed by atoms with Gasteiger partial charge in [0.15, 0.2) is 6.10 Å². The average molecular weight is 923 g/mol. The number of allylic oxidation sites excluding steroid dienone is 14. The fourth-order valence-corrected chi connectivity index (χ4v) is 7.21. The zero-order chi connectivity index (χ0) is 47.3. The summed E-state index contributed by atoms with van der Waals surface area (Å²) in [4.78, 5) is 35.7. The first-order chi connectivity index (χ1) is 30.8. The molecule has 64 heavy (non-hydrogen) atoms. The largest absolute Gasteiger partial charge is 0.472 e. The van der Waals surface area contributed by atoms with E-state index >= 15 is 0 Å². The second kappa shape index (κ2) is 37.9. The van der Waals surface area contributed by atoms with Gasteiger partial charge >= 0.3 is 19.8 Å². The Morgan fingerprint density at radius 3 is 1.72 bits per heavy atom. The third-order valence-corrected chi connectivity index (χ3v) is 11.0. The van der Waals surface area contributed by atoms with Gasteiger partial charge in [0.25, 0.3) is 0 Å². The normalized spacial score (nSPS) is 23.0. The molecule has 0 amide bonds. The van der Waals surface area contributed by atoms with E-state index in [0.717, 1.165) is 57.8 Å². The van der Waals surface area contributed by atoms with Crippen LogP contribution in [0.15, 0.2) is 97.2 Å². The van der Waals surface area contributed by atoms with Crippen LogP contribution in [-0.2, 0) is 32.7 Å². The summed E-state index contributed by atoms with van der Waals surface area (Å²) in [6.45, 7) is 3.00. The van der Waals surface area contributed by atoms with Gasteiger partial charge in [0.1, 0.15) is 43.2 Å². The monoisotopic (exact) mass is 923 g/mol. The van der Waals surface area contributed by atoms with E-state index < -0.39 is 81.8 Å². The van der Waals surface area contributed by atoms with E-state index in [0.29, 0.717) is 32.1 Å². The Hall–Kier alpha value is -3.27. The summed E-state index contributed by atoms with van der Waals surface area (Å²) in [6.07, 6.45) is 33.4. The maximum absolute atomic E-state index is 12.8. The molecule has 364 valence electrons. The van der Waals surface area contributed by atoms with Crippen molar-refractivity contribution in [2.45, 2.75) is 185 Å². The SMILES string of the molecule is CC/C=C\C/C=C\CC(O)/C=C/C=C\C/C=C\CCCC(=O)O[C@H](COC(=O)CCCCCC/C=C\C/C=C\C/C=C\CCCCC)COP(=O)(O)OC1[C@H](O)[C@H](O)C(O)[C@H](O)[C@H]1O. The Labute approximate surface area is 382 Å². The maximum Gasteiger partial charge on any atom is 0.472 e. The first kappa shape index (κ1) is 58.7. The second-order valence-electron chi connectivity index (χ2n) is 15.7. The van der Waals surface area contributed by atoms with E-state index in [4.69, 9.17) is 18.5 Å². The zero-order valence-electron chi connectivity index (χ0n) is 38.1. The number of unbranched alkanes of at least 4 members (excludes halogenated alkanes) is 8. The molecule has 0 heterocycles. The van der Waals surface area contributed by atoms with Gasteiger partial charge in [-0.2, -0.15) is 0 Å². The summed E-state index contributed by atoms with van der Waals surface area (Å²) in [5.41, 5.74) is 0. The van der Waals surface area contributed by atoms with Crippen molar-refractivity contribution in [1.29, 1.82) is 0 Å². The molecule has 4 unspecified atom stereocenters. The van der Waals surface area contributed by atoms with Crippen molar-refractivity contribution < 1.29 is 68.2 Å². The highest BCUT2D eigenvalue weighted by Gasteiger charge is 2.51. The highest BCUT2D eigenvalue weighted by molar-refractivity contribution is 7.47. The lowest BCUT2D eigenvalue weighted by Gasteiger charge is -2.41. The molecule has 14 nitrogen and oxygen atoms in total. The van der Waals surface area contributed by atoms with E-state index in [1.807, 2.05) is 36.5 Å². The van der Waals surface area contributed by atoms with Crippen LogP contribution in [0.3, 0.4) is 0 Å². The Morgan fingerprint density at radius 2 is 1.09 bits per heavy atom. The van der Waals surface area contributed by atoms with E-state index in [9.17, 15) is 49.7 Å². The number of ether oxygens (including phenoxy) is 2. The van der Waals surface area contributed by atoms with Crippen LogP contribution in [0.1, 0.15) is 136 Å². The van der Waals surface area contributed by atoms with Gasteiger partial charge in [-0.15, -0.1) is 0 Å². The molecule has 0 aliphatic heterocycles. The molecule has 0 aromatic heterocycles. The number of aliphatic hydroxyl groups excluding tert-OH is 6. The number of hydrogen-bond acceptors (Lipinski definition) is 13. The molecule has 1 fully saturated rings. The molecule has 1 saturated carbocycles. The third-order valence-electron chi connectivity index (χ3n) is 9.99. The second-order valence-corrected chi connectivity index (χ2v) is 17.1. The van der Waals surface area contributed by atoms with E-state index in [1.165, 1.54) is 19.3 Å². The van der Waals surface area contributed by atoms with Crippen LogP contribution in [0.4, 0.5) is 0 Å². The number of phosphoric ester groups is 1. The van der Waals surface area contributed by atoms with E-state index in [1.54, 1.807) is 12.2 Å². The lowest BCUT2D eigenvalue weighted by Crippen LogP contribution is -2.64. The first-order valence-corrected chi connectivity index (χ1v) is 24.6. The van der Waals surface area contributed by atoms with Crippen molar-refractivity contribution in [2.75, 3.05) is 13.2 Å². The number of esters is 2.